The van der Waals surface area contributed by atoms with Crippen molar-refractivity contribution >= 4 is 58.5 Å². The van der Waals surface area contributed by atoms with Gasteiger partial charge in [-0.05, 0) is 90.3 Å². The number of hydrogen-bond donors (Lipinski definition) is 8. The van der Waals surface area contributed by atoms with Crippen molar-refractivity contribution in [2.75, 3.05) is 89.1 Å². The minimum Gasteiger partial charge on any atom is -0.503 e. The van der Waals surface area contributed by atoms with Crippen LogP contribution in [0.5, 0.6) is 23.0 Å². The van der Waals surface area contributed by atoms with Crippen LogP contribution in [0.4, 0.5) is 8.78 Å². The number of nitrogens with one attached hydrogen (secondary N) is 4. The van der Waals surface area contributed by atoms with Gasteiger partial charge in [0.25, 0.3) is 23.6 Å². The van der Waals surface area contributed by atoms with Crippen molar-refractivity contribution in [1.82, 2.24) is 59.5 Å². The molecular weight excluding hydrogens is 1940 g/mol. The molecule has 9 aromatic carbocycles. The molecule has 2 aliphatic carbocycles. The molecule has 8 aliphatic heterocycles. The molecule has 15 heterocycles. The number of carbonyl (C=O) groups is 4. The van der Waals surface area contributed by atoms with Crippen molar-refractivity contribution in [2.24, 2.45) is 0 Å². The number of morpholine rings is 4. The summed E-state index contributed by atoms with van der Waals surface area (Å²) in [6.07, 6.45) is 6.58. The number of aromatic nitrogens is 6. The summed E-state index contributed by atoms with van der Waals surface area (Å²) >= 11 is 4.98. The highest BCUT2D eigenvalue weighted by Gasteiger charge is 2.50. The van der Waals surface area contributed by atoms with Crippen LogP contribution in [-0.2, 0) is 30.5 Å². The Morgan fingerprint density at radius 2 is 0.844 bits per heavy atom. The molecule has 37 heteroatoms. The molecule has 0 saturated carbocycles. The monoisotopic (exact) mass is 2030 g/mol. The van der Waals surface area contributed by atoms with Gasteiger partial charge in [0.15, 0.2) is 81.7 Å². The molecule has 4 saturated heterocycles. The Labute approximate surface area is 848 Å². The fourth-order valence-electron chi connectivity index (χ4n) is 21.3. The molecule has 0 unspecified atom stereocenters. The molecule has 0 radical (unpaired) electrons. The molecule has 26 rings (SSSR count). The third kappa shape index (κ3) is 16.9. The lowest BCUT2D eigenvalue weighted by molar-refractivity contribution is -0.0197. The second-order valence-corrected chi connectivity index (χ2v) is 39.0. The minimum absolute atomic E-state index is 0.0513. The van der Waals surface area contributed by atoms with Gasteiger partial charge in [0, 0.05) is 129 Å². The van der Waals surface area contributed by atoms with E-state index in [0.717, 1.165) is 106 Å². The SMILES string of the molecule is O=C(c1[nH]ccc(=O)c1O)N1CCOC[C@@H]1N[C@@H]1c2ccc(F)c(F)c2CSc2c(-c3ccccc3)cccc21.O=C(c1[nH]ccc(=O)c1O)N1CCOC[C@@H]1N[C@H]1c2ccccc2SCc2c(-c3cccs3)cccc21.O=C1c2c(O)c(=O)ccn2N([C@@H]2c3ccccc3-c3ncoc3-c3ccccc32)[C@H]2COCCN12.O=C1c2c(O)c(=O)ccn2N([C@H]2c3ccccc3-c3ncoc3-c3ccccc32)[C@@H]2COCCN12. The first-order chi connectivity index (χ1) is 71.8. The molecule has 8 N–H and O–H groups in total. The molecule has 4 fully saturated rings. The van der Waals surface area contributed by atoms with Gasteiger partial charge in [-0.1, -0.05) is 194 Å². The van der Waals surface area contributed by atoms with Crippen molar-refractivity contribution in [3.63, 3.8) is 0 Å². The Morgan fingerprint density at radius 1 is 0.408 bits per heavy atom. The highest BCUT2D eigenvalue weighted by atomic mass is 32.2. The smallest absolute Gasteiger partial charge is 0.278 e. The number of aromatic hydroxyl groups is 4. The van der Waals surface area contributed by atoms with Gasteiger partial charge in [-0.25, -0.2) is 18.7 Å². The van der Waals surface area contributed by atoms with Crippen LogP contribution in [0, 0.1) is 11.6 Å². The molecule has 0 bridgehead atoms. The summed E-state index contributed by atoms with van der Waals surface area (Å²) in [7, 11) is 0. The second-order valence-electron chi connectivity index (χ2n) is 36.0. The van der Waals surface area contributed by atoms with E-state index >= 15 is 4.39 Å². The highest BCUT2D eigenvalue weighted by molar-refractivity contribution is 7.99. The summed E-state index contributed by atoms with van der Waals surface area (Å²) in [6.45, 7) is 3.56. The van der Waals surface area contributed by atoms with E-state index in [1.165, 1.54) is 80.9 Å². The first-order valence-corrected chi connectivity index (χ1v) is 50.4. The van der Waals surface area contributed by atoms with E-state index in [4.69, 9.17) is 27.8 Å². The zero-order chi connectivity index (χ0) is 101. The lowest BCUT2D eigenvalue weighted by Gasteiger charge is -2.51. The number of fused-ring (bicyclic) bond motifs is 18. The molecule has 0 spiro atoms. The maximum Gasteiger partial charge on any atom is 0.278 e. The number of carbonyl (C=O) groups excluding carboxylic acids is 4. The fourth-order valence-corrected chi connectivity index (χ4v) is 24.5. The molecule has 16 aromatic rings. The Hall–Kier alpha value is -16.1. The quantitative estimate of drug-likeness (QED) is 0.0630. The Balaban J connectivity index is 0.000000108. The zero-order valence-electron chi connectivity index (χ0n) is 78.0. The number of ether oxygens (including phenoxy) is 4. The third-order valence-corrected chi connectivity index (χ3v) is 31.3. The Bertz CT molecular complexity index is 7790. The van der Waals surface area contributed by atoms with Crippen LogP contribution in [0.15, 0.2) is 317 Å². The molecule has 10 aliphatic rings. The van der Waals surface area contributed by atoms with E-state index in [-0.39, 0.29) is 79.7 Å². The van der Waals surface area contributed by atoms with Crippen molar-refractivity contribution in [2.45, 2.75) is 70.1 Å². The minimum atomic E-state index is -0.923. The van der Waals surface area contributed by atoms with E-state index in [2.05, 4.69) is 78.4 Å². The van der Waals surface area contributed by atoms with Crippen LogP contribution in [0.25, 0.3) is 66.7 Å². The number of hydrogen-bond acceptors (Lipinski definition) is 27. The van der Waals surface area contributed by atoms with Crippen molar-refractivity contribution < 1.29 is 76.2 Å². The number of pyridine rings is 4. The number of amides is 4. The van der Waals surface area contributed by atoms with Gasteiger partial charge >= 0.3 is 0 Å². The van der Waals surface area contributed by atoms with E-state index in [9.17, 15) is 63.2 Å². The number of rotatable bonds is 10. The summed E-state index contributed by atoms with van der Waals surface area (Å²) in [5.74, 6) is -3.59. The van der Waals surface area contributed by atoms with E-state index in [0.29, 0.717) is 56.5 Å². The van der Waals surface area contributed by atoms with Crippen molar-refractivity contribution in [3.8, 4) is 89.7 Å². The summed E-state index contributed by atoms with van der Waals surface area (Å²) in [5.41, 5.74) is 14.4. The molecule has 32 nitrogen and oxygen atoms in total. The largest absolute Gasteiger partial charge is 0.503 e. The highest BCUT2D eigenvalue weighted by Crippen LogP contribution is 2.53. The predicted molar refractivity (Wildman–Crippen MR) is 543 cm³/mol. The lowest BCUT2D eigenvalue weighted by Crippen LogP contribution is -2.66. The van der Waals surface area contributed by atoms with Gasteiger partial charge in [-0.15, -0.1) is 34.9 Å². The molecule has 4 amide bonds. The number of halogens is 2. The summed E-state index contributed by atoms with van der Waals surface area (Å²) in [4.78, 5) is 127. The third-order valence-electron chi connectivity index (χ3n) is 28.1. The first kappa shape index (κ1) is 94.5. The predicted octanol–water partition coefficient (Wildman–Crippen LogP) is 14.9. The standard InChI is InChI=1S/C30H25F2N3O4S.C28H25N3O4S2.2C26H20N4O5/c31-22-10-9-19-21(25(22)32)16-40-29-18(17-5-2-1-3-6-17)7-4-8-20(29)26(19)34-24-15-39-14-13-35(24)30(38)27-28(37)23(36)11-12-33-27;32-21-10-11-29-26(27(21)33)28(34)31-12-13-35-15-24(31)30-25-18-7-3-6-17(22-9-4-14-36-22)20(18)16-37-23-8-2-1-5-19(23)25;2*31-19-9-10-29-23(24(19)32)26(33)28-11-12-34-13-20(28)30(29)22-16-6-2-1-5-15(16)21-25(35-14-27-21)18-8-4-3-7-17(18)22/h1-12,24,26,34,37H,13-16H2,(H,33,36);1-11,14,24-25,30,33H,12-13,15-16H2,(H,29,32);2*1-10,14,20,22,32H,11-13H2/t24-,26-;24-,25-;2*20-,22+/m1110/s1. The van der Waals surface area contributed by atoms with Crippen LogP contribution < -0.4 is 42.4 Å². The van der Waals surface area contributed by atoms with Crippen LogP contribution >= 0.6 is 34.9 Å². The number of aromatic amines is 2. The van der Waals surface area contributed by atoms with Gasteiger partial charge in [-0.2, -0.15) is 0 Å². The van der Waals surface area contributed by atoms with Crippen LogP contribution in [-0.4, -0.2) is 197 Å². The van der Waals surface area contributed by atoms with Gasteiger partial charge in [0.05, 0.1) is 77.0 Å². The average Bonchev–Trinajstić information content (AvgIpc) is 1.62. The van der Waals surface area contributed by atoms with Gasteiger partial charge in [0.2, 0.25) is 21.7 Å². The molecule has 147 heavy (non-hydrogen) atoms. The summed E-state index contributed by atoms with van der Waals surface area (Å²) < 4.78 is 67.7. The Kier molecular flexibility index (Phi) is 25.6. The summed E-state index contributed by atoms with van der Waals surface area (Å²) in [6, 6.07) is 72.4. The van der Waals surface area contributed by atoms with E-state index < -0.39 is 123 Å². The van der Waals surface area contributed by atoms with Gasteiger partial charge in [-0.3, -0.25) is 68.4 Å². The number of nitrogens with zero attached hydrogens (tertiary/aromatic N) is 10. The van der Waals surface area contributed by atoms with Crippen molar-refractivity contribution in [1.29, 1.82) is 0 Å². The van der Waals surface area contributed by atoms with Crippen molar-refractivity contribution in [3.05, 3.63) is 410 Å². The number of thiophene rings is 1. The first-order valence-electron chi connectivity index (χ1n) is 47.6. The topological polar surface area (TPSA) is 391 Å². The normalized spacial score (nSPS) is 19.5. The maximum absolute atomic E-state index is 15.2. The number of benzene rings is 9. The second kappa shape index (κ2) is 39.8. The number of oxazole rings is 2. The fraction of sp³-hybridized carbons (Fsp3) is 0.200. The van der Waals surface area contributed by atoms with Crippen LogP contribution in [0.3, 0.4) is 0 Å². The van der Waals surface area contributed by atoms with E-state index in [1.807, 2.05) is 180 Å². The van der Waals surface area contributed by atoms with E-state index in [1.54, 1.807) is 53.8 Å². The molecule has 8 atom stereocenters. The van der Waals surface area contributed by atoms with Crippen LogP contribution in [0.2, 0.25) is 0 Å². The maximum atomic E-state index is 15.2. The van der Waals surface area contributed by atoms with Gasteiger partial charge in [0.1, 0.15) is 36.1 Å². The molecule has 7 aromatic heterocycles. The van der Waals surface area contributed by atoms with Crippen LogP contribution in [0.1, 0.15) is 122 Å². The zero-order valence-corrected chi connectivity index (χ0v) is 80.5. The lowest BCUT2D eigenvalue weighted by atomic mass is 9.91. The van der Waals surface area contributed by atoms with Gasteiger partial charge < -0.3 is 77.8 Å². The average molecular weight is 2030 g/mol. The molecular formula is C110H90F2N14O18S3. The number of thioether (sulfide) groups is 2. The Morgan fingerprint density at radius 3 is 1.37 bits per heavy atom. The number of H-pyrrole nitrogens is 2. The molecule has 740 valence electrons. The summed E-state index contributed by atoms with van der Waals surface area (Å²) in [5, 5.41) is 55.3.